The number of likely N-dealkylation sites (N-methyl/N-ethyl adjacent to an activating group) is 1. The molecule has 0 saturated carbocycles. The molecule has 0 aromatic heterocycles. The zero-order valence-corrected chi connectivity index (χ0v) is 23.2. The summed E-state index contributed by atoms with van der Waals surface area (Å²) in [5.74, 6) is 0.475. The van der Waals surface area contributed by atoms with Gasteiger partial charge in [-0.2, -0.15) is 0 Å². The summed E-state index contributed by atoms with van der Waals surface area (Å²) < 4.78 is 35.2. The van der Waals surface area contributed by atoms with Crippen molar-refractivity contribution in [2.45, 2.75) is 18.2 Å². The number of anilines is 2. The molecule has 1 saturated heterocycles. The van der Waals surface area contributed by atoms with Gasteiger partial charge in [0, 0.05) is 49.0 Å². The van der Waals surface area contributed by atoms with Crippen LogP contribution < -0.4 is 14.8 Å². The normalized spacial score (nSPS) is 14.2. The quantitative estimate of drug-likeness (QED) is 0.380. The molecule has 1 fully saturated rings. The van der Waals surface area contributed by atoms with Gasteiger partial charge in [0.15, 0.2) is 0 Å². The van der Waals surface area contributed by atoms with E-state index < -0.39 is 10.0 Å². The van der Waals surface area contributed by atoms with Gasteiger partial charge in [-0.05, 0) is 80.6 Å². The summed E-state index contributed by atoms with van der Waals surface area (Å²) in [7, 11) is -2.00. The molecular weight excluding hydrogens is 524 g/mol. The van der Waals surface area contributed by atoms with E-state index in [2.05, 4.69) is 14.9 Å². The third-order valence-corrected chi connectivity index (χ3v) is 8.04. The average molecular weight is 557 g/mol. The second-order valence-corrected chi connectivity index (χ2v) is 11.3. The molecular formula is C28H33ClN4O4S. The lowest BCUT2D eigenvalue weighted by atomic mass is 10.1. The van der Waals surface area contributed by atoms with Crippen molar-refractivity contribution < 1.29 is 17.9 Å². The Bertz CT molecular complexity index is 1340. The van der Waals surface area contributed by atoms with Gasteiger partial charge < -0.3 is 19.9 Å². The number of hydrogen-bond donors (Lipinski definition) is 2. The first-order valence-corrected chi connectivity index (χ1v) is 14.5. The molecule has 0 aliphatic carbocycles. The highest BCUT2D eigenvalue weighted by molar-refractivity contribution is 7.92. The van der Waals surface area contributed by atoms with E-state index in [0.717, 1.165) is 18.7 Å². The van der Waals surface area contributed by atoms with Crippen molar-refractivity contribution in [3.8, 4) is 5.75 Å². The second-order valence-electron chi connectivity index (χ2n) is 9.17. The highest BCUT2D eigenvalue weighted by Gasteiger charge is 2.25. The predicted octanol–water partition coefficient (Wildman–Crippen LogP) is 4.58. The van der Waals surface area contributed by atoms with Crippen LogP contribution in [0.25, 0.3) is 0 Å². The van der Waals surface area contributed by atoms with Crippen molar-refractivity contribution >= 4 is 38.9 Å². The molecule has 1 aliphatic heterocycles. The van der Waals surface area contributed by atoms with Crippen LogP contribution in [0.5, 0.6) is 5.75 Å². The van der Waals surface area contributed by atoms with Gasteiger partial charge in [0.05, 0.1) is 12.3 Å². The summed E-state index contributed by atoms with van der Waals surface area (Å²) in [5.41, 5.74) is 2.23. The fraction of sp³-hybridized carbons (Fsp3) is 0.321. The van der Waals surface area contributed by atoms with Gasteiger partial charge in [0.2, 0.25) is 0 Å². The Morgan fingerprint density at radius 2 is 1.66 bits per heavy atom. The van der Waals surface area contributed by atoms with Crippen LogP contribution in [-0.4, -0.2) is 70.5 Å². The SMILES string of the molecule is CCOc1ccc(NS(=O)(=O)c2cc(C(=O)N3CCN(C)CC3)ccc2NCCc2ccc(Cl)cc2)cc1. The molecule has 0 spiro atoms. The largest absolute Gasteiger partial charge is 0.494 e. The first kappa shape index (κ1) is 27.8. The first-order chi connectivity index (χ1) is 18.2. The fourth-order valence-corrected chi connectivity index (χ4v) is 5.60. The molecule has 0 unspecified atom stereocenters. The maximum atomic E-state index is 13.6. The van der Waals surface area contributed by atoms with Crippen molar-refractivity contribution in [1.82, 2.24) is 9.80 Å². The van der Waals surface area contributed by atoms with Crippen LogP contribution in [0, 0.1) is 0 Å². The van der Waals surface area contributed by atoms with Gasteiger partial charge in [0.1, 0.15) is 10.6 Å². The Balaban J connectivity index is 1.58. The minimum atomic E-state index is -4.02. The number of rotatable bonds is 10. The molecule has 1 amide bonds. The van der Waals surface area contributed by atoms with Gasteiger partial charge in [-0.3, -0.25) is 9.52 Å². The Kier molecular flexibility index (Phi) is 9.14. The van der Waals surface area contributed by atoms with Crippen LogP contribution in [0.1, 0.15) is 22.8 Å². The summed E-state index contributed by atoms with van der Waals surface area (Å²) in [6, 6.07) is 19.0. The summed E-state index contributed by atoms with van der Waals surface area (Å²) in [6.45, 7) is 5.66. The number of halogens is 1. The first-order valence-electron chi connectivity index (χ1n) is 12.6. The highest BCUT2D eigenvalue weighted by atomic mass is 35.5. The third kappa shape index (κ3) is 7.18. The van der Waals surface area contributed by atoms with Gasteiger partial charge in [-0.1, -0.05) is 23.7 Å². The monoisotopic (exact) mass is 556 g/mol. The van der Waals surface area contributed by atoms with Gasteiger partial charge >= 0.3 is 0 Å². The minimum Gasteiger partial charge on any atom is -0.494 e. The van der Waals surface area contributed by atoms with E-state index in [1.807, 2.05) is 38.2 Å². The van der Waals surface area contributed by atoms with Crippen LogP contribution >= 0.6 is 11.6 Å². The number of nitrogens with one attached hydrogen (secondary N) is 2. The lowest BCUT2D eigenvalue weighted by molar-refractivity contribution is 0.0664. The van der Waals surface area contributed by atoms with Crippen LogP contribution in [0.15, 0.2) is 71.6 Å². The lowest BCUT2D eigenvalue weighted by Gasteiger charge is -2.32. The summed E-state index contributed by atoms with van der Waals surface area (Å²) in [6.07, 6.45) is 0.672. The van der Waals surface area contributed by atoms with Crippen molar-refractivity contribution in [2.24, 2.45) is 0 Å². The van der Waals surface area contributed by atoms with E-state index >= 15 is 0 Å². The van der Waals surface area contributed by atoms with Gasteiger partial charge in [-0.25, -0.2) is 8.42 Å². The van der Waals surface area contributed by atoms with E-state index in [4.69, 9.17) is 16.3 Å². The molecule has 2 N–H and O–H groups in total. The molecule has 202 valence electrons. The molecule has 0 atom stereocenters. The molecule has 3 aromatic carbocycles. The molecule has 10 heteroatoms. The Morgan fingerprint density at radius 3 is 2.32 bits per heavy atom. The van der Waals surface area contributed by atoms with Gasteiger partial charge in [-0.15, -0.1) is 0 Å². The molecule has 1 aliphatic rings. The predicted molar refractivity (Wildman–Crippen MR) is 152 cm³/mol. The third-order valence-electron chi connectivity index (χ3n) is 6.37. The number of carbonyl (C=O) groups is 1. The number of amides is 1. The van der Waals surface area contributed by atoms with Crippen LogP contribution in [-0.2, 0) is 16.4 Å². The molecule has 0 radical (unpaired) electrons. The van der Waals surface area contributed by atoms with E-state index in [9.17, 15) is 13.2 Å². The zero-order valence-electron chi connectivity index (χ0n) is 21.6. The zero-order chi connectivity index (χ0) is 27.1. The molecule has 3 aromatic rings. The molecule has 0 bridgehead atoms. The maximum absolute atomic E-state index is 13.6. The van der Waals surface area contributed by atoms with E-state index in [1.54, 1.807) is 41.3 Å². The second kappa shape index (κ2) is 12.5. The van der Waals surface area contributed by atoms with E-state index in [-0.39, 0.29) is 10.8 Å². The topological polar surface area (TPSA) is 91.0 Å². The number of ether oxygens (including phenoxy) is 1. The Hall–Kier alpha value is -3.27. The molecule has 8 nitrogen and oxygen atoms in total. The minimum absolute atomic E-state index is 0.0162. The van der Waals surface area contributed by atoms with Crippen LogP contribution in [0.4, 0.5) is 11.4 Å². The summed E-state index contributed by atoms with van der Waals surface area (Å²) in [4.78, 5) is 17.2. The van der Waals surface area contributed by atoms with E-state index in [0.29, 0.717) is 60.4 Å². The lowest BCUT2D eigenvalue weighted by Crippen LogP contribution is -2.47. The Morgan fingerprint density at radius 1 is 0.974 bits per heavy atom. The van der Waals surface area contributed by atoms with Crippen molar-refractivity contribution in [3.63, 3.8) is 0 Å². The summed E-state index contributed by atoms with van der Waals surface area (Å²) in [5, 5.41) is 3.90. The number of benzene rings is 3. The molecule has 38 heavy (non-hydrogen) atoms. The van der Waals surface area contributed by atoms with Crippen LogP contribution in [0.3, 0.4) is 0 Å². The van der Waals surface area contributed by atoms with Crippen LogP contribution in [0.2, 0.25) is 5.02 Å². The van der Waals surface area contributed by atoms with Crippen molar-refractivity contribution in [3.05, 3.63) is 82.9 Å². The maximum Gasteiger partial charge on any atom is 0.263 e. The van der Waals surface area contributed by atoms with Crippen molar-refractivity contribution in [2.75, 3.05) is 56.4 Å². The number of hydrogen-bond acceptors (Lipinski definition) is 6. The number of sulfonamides is 1. The molecule has 4 rings (SSSR count). The highest BCUT2D eigenvalue weighted by Crippen LogP contribution is 2.27. The smallest absolute Gasteiger partial charge is 0.263 e. The van der Waals surface area contributed by atoms with Gasteiger partial charge in [0.25, 0.3) is 15.9 Å². The number of nitrogens with zero attached hydrogens (tertiary/aromatic N) is 2. The van der Waals surface area contributed by atoms with E-state index in [1.165, 1.54) is 6.07 Å². The number of piperazine rings is 1. The number of carbonyl (C=O) groups excluding carboxylic acids is 1. The molecule has 1 heterocycles. The van der Waals surface area contributed by atoms with Crippen molar-refractivity contribution in [1.29, 1.82) is 0 Å². The fourth-order valence-electron chi connectivity index (χ4n) is 4.20. The standard InChI is InChI=1S/C28H33ClN4O4S/c1-3-37-25-11-9-24(10-12-25)31-38(35,36)27-20-22(28(34)33-18-16-32(2)17-19-33)6-13-26(27)30-15-14-21-4-7-23(29)8-5-21/h4-13,20,30-31H,3,14-19H2,1-2H3. The Labute approximate surface area is 229 Å². The summed E-state index contributed by atoms with van der Waals surface area (Å²) >= 11 is 5.98. The average Bonchev–Trinajstić information content (AvgIpc) is 2.91.